The summed E-state index contributed by atoms with van der Waals surface area (Å²) in [5, 5.41) is 12.6. The van der Waals surface area contributed by atoms with Crippen LogP contribution in [0, 0.1) is 6.92 Å². The fourth-order valence-corrected chi connectivity index (χ4v) is 2.30. The van der Waals surface area contributed by atoms with Crippen molar-refractivity contribution >= 4 is 21.8 Å². The molecule has 0 saturated carbocycles. The van der Waals surface area contributed by atoms with Crippen LogP contribution >= 0.6 is 15.9 Å². The molecule has 22 heavy (non-hydrogen) atoms. The molecule has 0 aliphatic heterocycles. The van der Waals surface area contributed by atoms with Crippen LogP contribution in [0.25, 0.3) is 0 Å². The number of carbonyl (C=O) groups is 1. The van der Waals surface area contributed by atoms with Crippen LogP contribution in [0.4, 0.5) is 0 Å². The number of ether oxygens (including phenoxy) is 1. The van der Waals surface area contributed by atoms with Gasteiger partial charge in [0.15, 0.2) is 0 Å². The Labute approximate surface area is 138 Å². The molecule has 0 aliphatic rings. The second-order valence-corrected chi connectivity index (χ2v) is 5.87. The molecule has 0 aromatic heterocycles. The molecule has 5 heteroatoms. The fourth-order valence-electron chi connectivity index (χ4n) is 1.91. The molecule has 4 nitrogen and oxygen atoms in total. The minimum atomic E-state index is -0.768. The van der Waals surface area contributed by atoms with Gasteiger partial charge in [0.2, 0.25) is 0 Å². The topological polar surface area (TPSA) is 58.6 Å². The summed E-state index contributed by atoms with van der Waals surface area (Å²) in [6, 6.07) is 14.7. The van der Waals surface area contributed by atoms with Crippen LogP contribution in [-0.2, 0) is 0 Å². The van der Waals surface area contributed by atoms with Gasteiger partial charge in [0, 0.05) is 16.6 Å². The standard InChI is InChI=1S/C17H18BrNO3/c1-12-5-2-3-8-16(12)22-11-15(20)10-19-17(21)13-6-4-7-14(18)9-13/h2-9,15,20H,10-11H2,1H3,(H,19,21). The smallest absolute Gasteiger partial charge is 0.251 e. The van der Waals surface area contributed by atoms with Crippen molar-refractivity contribution in [1.29, 1.82) is 0 Å². The molecular formula is C17H18BrNO3. The Morgan fingerprint density at radius 3 is 2.77 bits per heavy atom. The Balaban J connectivity index is 1.79. The molecular weight excluding hydrogens is 346 g/mol. The molecule has 0 fully saturated rings. The molecule has 1 atom stereocenters. The van der Waals surface area contributed by atoms with Crippen LogP contribution in [0.15, 0.2) is 53.0 Å². The third-order valence-corrected chi connectivity index (χ3v) is 3.60. The van der Waals surface area contributed by atoms with Crippen molar-refractivity contribution in [2.75, 3.05) is 13.2 Å². The monoisotopic (exact) mass is 363 g/mol. The number of aliphatic hydroxyl groups excluding tert-OH is 1. The van der Waals surface area contributed by atoms with Gasteiger partial charge in [-0.25, -0.2) is 0 Å². The minimum absolute atomic E-state index is 0.129. The SMILES string of the molecule is Cc1ccccc1OCC(O)CNC(=O)c1cccc(Br)c1. The number of para-hydroxylation sites is 1. The molecule has 2 aromatic rings. The van der Waals surface area contributed by atoms with E-state index in [9.17, 15) is 9.90 Å². The zero-order valence-electron chi connectivity index (χ0n) is 12.3. The molecule has 1 amide bonds. The average molecular weight is 364 g/mol. The van der Waals surface area contributed by atoms with Crippen LogP contribution in [0.2, 0.25) is 0 Å². The Bertz CT molecular complexity index is 645. The fraction of sp³-hybridized carbons (Fsp3) is 0.235. The second-order valence-electron chi connectivity index (χ2n) is 4.95. The van der Waals surface area contributed by atoms with E-state index in [0.717, 1.165) is 15.8 Å². The number of aliphatic hydroxyl groups is 1. The van der Waals surface area contributed by atoms with Gasteiger partial charge < -0.3 is 15.2 Å². The number of carbonyl (C=O) groups excluding carboxylic acids is 1. The lowest BCUT2D eigenvalue weighted by Crippen LogP contribution is -2.35. The van der Waals surface area contributed by atoms with Gasteiger partial charge >= 0.3 is 0 Å². The molecule has 116 valence electrons. The second kappa shape index (κ2) is 7.96. The summed E-state index contributed by atoms with van der Waals surface area (Å²) in [5.74, 6) is 0.510. The average Bonchev–Trinajstić information content (AvgIpc) is 2.52. The number of aryl methyl sites for hydroxylation is 1. The summed E-state index contributed by atoms with van der Waals surface area (Å²) in [6.45, 7) is 2.21. The Morgan fingerprint density at radius 1 is 1.27 bits per heavy atom. The molecule has 2 aromatic carbocycles. The number of rotatable bonds is 6. The van der Waals surface area contributed by atoms with Gasteiger partial charge in [-0.3, -0.25) is 4.79 Å². The molecule has 0 saturated heterocycles. The predicted molar refractivity (Wildman–Crippen MR) is 89.2 cm³/mol. The van der Waals surface area contributed by atoms with E-state index >= 15 is 0 Å². The van der Waals surface area contributed by atoms with Crippen LogP contribution in [0.1, 0.15) is 15.9 Å². The van der Waals surface area contributed by atoms with Crippen molar-refractivity contribution in [3.63, 3.8) is 0 Å². The van der Waals surface area contributed by atoms with E-state index in [4.69, 9.17) is 4.74 Å². The zero-order valence-corrected chi connectivity index (χ0v) is 13.8. The van der Waals surface area contributed by atoms with Crippen LogP contribution in [0.3, 0.4) is 0 Å². The maximum absolute atomic E-state index is 11.9. The van der Waals surface area contributed by atoms with Gasteiger partial charge in [-0.05, 0) is 36.8 Å². The van der Waals surface area contributed by atoms with Gasteiger partial charge in [0.1, 0.15) is 18.5 Å². The molecule has 0 radical (unpaired) electrons. The first-order chi connectivity index (χ1) is 10.6. The van der Waals surface area contributed by atoms with Crippen LogP contribution < -0.4 is 10.1 Å². The van der Waals surface area contributed by atoms with Crippen molar-refractivity contribution in [2.24, 2.45) is 0 Å². The molecule has 0 heterocycles. The van der Waals surface area contributed by atoms with E-state index in [1.54, 1.807) is 18.2 Å². The summed E-state index contributed by atoms with van der Waals surface area (Å²) in [5.41, 5.74) is 1.55. The van der Waals surface area contributed by atoms with Gasteiger partial charge in [-0.1, -0.05) is 40.2 Å². The number of nitrogens with one attached hydrogen (secondary N) is 1. The van der Waals surface area contributed by atoms with E-state index in [1.807, 2.05) is 37.3 Å². The molecule has 0 aliphatic carbocycles. The Hall–Kier alpha value is -1.85. The highest BCUT2D eigenvalue weighted by Crippen LogP contribution is 2.16. The number of halogens is 1. The lowest BCUT2D eigenvalue weighted by Gasteiger charge is -2.14. The predicted octanol–water partition coefficient (Wildman–Crippen LogP) is 2.93. The van der Waals surface area contributed by atoms with E-state index in [-0.39, 0.29) is 19.1 Å². The largest absolute Gasteiger partial charge is 0.491 e. The van der Waals surface area contributed by atoms with Crippen LogP contribution in [-0.4, -0.2) is 30.3 Å². The first-order valence-electron chi connectivity index (χ1n) is 6.96. The van der Waals surface area contributed by atoms with E-state index in [0.29, 0.717) is 5.56 Å². The van der Waals surface area contributed by atoms with Gasteiger partial charge in [-0.15, -0.1) is 0 Å². The van der Waals surface area contributed by atoms with Crippen molar-refractivity contribution in [1.82, 2.24) is 5.32 Å². The van der Waals surface area contributed by atoms with Crippen molar-refractivity contribution in [2.45, 2.75) is 13.0 Å². The zero-order chi connectivity index (χ0) is 15.9. The lowest BCUT2D eigenvalue weighted by atomic mass is 10.2. The number of hydrogen-bond acceptors (Lipinski definition) is 3. The van der Waals surface area contributed by atoms with Gasteiger partial charge in [0.05, 0.1) is 0 Å². The highest BCUT2D eigenvalue weighted by atomic mass is 79.9. The number of amides is 1. The summed E-state index contributed by atoms with van der Waals surface area (Å²) < 4.78 is 6.38. The van der Waals surface area contributed by atoms with Crippen molar-refractivity contribution in [3.8, 4) is 5.75 Å². The number of hydrogen-bond donors (Lipinski definition) is 2. The van der Waals surface area contributed by atoms with Crippen molar-refractivity contribution < 1.29 is 14.6 Å². The molecule has 1 unspecified atom stereocenters. The quantitative estimate of drug-likeness (QED) is 0.829. The molecule has 2 rings (SSSR count). The highest BCUT2D eigenvalue weighted by Gasteiger charge is 2.10. The van der Waals surface area contributed by atoms with Gasteiger partial charge in [0.25, 0.3) is 5.91 Å². The minimum Gasteiger partial charge on any atom is -0.491 e. The Kier molecular flexibility index (Phi) is 5.98. The number of benzene rings is 2. The first kappa shape index (κ1) is 16.5. The van der Waals surface area contributed by atoms with E-state index in [1.165, 1.54) is 0 Å². The summed E-state index contributed by atoms with van der Waals surface area (Å²) in [6.07, 6.45) is -0.768. The summed E-state index contributed by atoms with van der Waals surface area (Å²) >= 11 is 3.32. The maximum Gasteiger partial charge on any atom is 0.251 e. The highest BCUT2D eigenvalue weighted by molar-refractivity contribution is 9.10. The summed E-state index contributed by atoms with van der Waals surface area (Å²) in [4.78, 5) is 11.9. The van der Waals surface area contributed by atoms with Gasteiger partial charge in [-0.2, -0.15) is 0 Å². The maximum atomic E-state index is 11.9. The molecule has 0 spiro atoms. The first-order valence-corrected chi connectivity index (χ1v) is 7.76. The molecule has 2 N–H and O–H groups in total. The van der Waals surface area contributed by atoms with E-state index in [2.05, 4.69) is 21.2 Å². The third kappa shape index (κ3) is 4.86. The summed E-state index contributed by atoms with van der Waals surface area (Å²) in [7, 11) is 0. The Morgan fingerprint density at radius 2 is 2.05 bits per heavy atom. The third-order valence-electron chi connectivity index (χ3n) is 3.11. The normalized spacial score (nSPS) is 11.8. The van der Waals surface area contributed by atoms with Crippen molar-refractivity contribution in [3.05, 3.63) is 64.1 Å². The van der Waals surface area contributed by atoms with E-state index < -0.39 is 6.10 Å². The van der Waals surface area contributed by atoms with Crippen LogP contribution in [0.5, 0.6) is 5.75 Å². The lowest BCUT2D eigenvalue weighted by molar-refractivity contribution is 0.0842. The molecule has 0 bridgehead atoms.